The predicted octanol–water partition coefficient (Wildman–Crippen LogP) is 3.11. The molecular weight excluding hydrogens is 290 g/mol. The summed E-state index contributed by atoms with van der Waals surface area (Å²) in [7, 11) is 0. The lowest BCUT2D eigenvalue weighted by Crippen LogP contribution is -2.13. The molecule has 1 heterocycles. The topological polar surface area (TPSA) is 47.6 Å². The van der Waals surface area contributed by atoms with E-state index >= 15 is 0 Å². The standard InChI is InChI=1S/C11H8F6N2O/c12-10(13,14)6-1-5(8-4-20-9(18)19-8)2-7(3-6)11(15,16)17/h1-3,8H,4H2,(H2,18,19). The summed E-state index contributed by atoms with van der Waals surface area (Å²) in [6, 6.07) is 0.0581. The van der Waals surface area contributed by atoms with E-state index in [9.17, 15) is 26.3 Å². The Balaban J connectivity index is 2.52. The Morgan fingerprint density at radius 3 is 1.85 bits per heavy atom. The highest BCUT2D eigenvalue weighted by molar-refractivity contribution is 5.73. The molecule has 0 radical (unpaired) electrons. The average molecular weight is 298 g/mol. The summed E-state index contributed by atoms with van der Waals surface area (Å²) in [6.45, 7) is -0.190. The van der Waals surface area contributed by atoms with E-state index in [0.29, 0.717) is 12.1 Å². The van der Waals surface area contributed by atoms with Gasteiger partial charge in [0.15, 0.2) is 0 Å². The van der Waals surface area contributed by atoms with Crippen molar-refractivity contribution >= 4 is 6.02 Å². The van der Waals surface area contributed by atoms with Gasteiger partial charge < -0.3 is 10.5 Å². The van der Waals surface area contributed by atoms with Crippen molar-refractivity contribution in [3.8, 4) is 0 Å². The van der Waals surface area contributed by atoms with E-state index < -0.39 is 29.5 Å². The fourth-order valence-electron chi connectivity index (χ4n) is 1.73. The number of nitrogens with two attached hydrogens (primary N) is 1. The second-order valence-electron chi connectivity index (χ2n) is 4.13. The molecule has 3 nitrogen and oxygen atoms in total. The third kappa shape index (κ3) is 2.97. The van der Waals surface area contributed by atoms with Gasteiger partial charge in [0.25, 0.3) is 6.02 Å². The number of hydrogen-bond acceptors (Lipinski definition) is 3. The Bertz CT molecular complexity index is 517. The van der Waals surface area contributed by atoms with Gasteiger partial charge in [0.05, 0.1) is 11.1 Å². The molecule has 0 bridgehead atoms. The van der Waals surface area contributed by atoms with Crippen molar-refractivity contribution in [3.63, 3.8) is 0 Å². The van der Waals surface area contributed by atoms with Crippen LogP contribution in [0.5, 0.6) is 0 Å². The van der Waals surface area contributed by atoms with Crippen LogP contribution in [-0.2, 0) is 17.1 Å². The molecule has 20 heavy (non-hydrogen) atoms. The zero-order chi connectivity index (χ0) is 15.1. The van der Waals surface area contributed by atoms with Crippen molar-refractivity contribution < 1.29 is 31.1 Å². The zero-order valence-corrected chi connectivity index (χ0v) is 9.72. The smallest absolute Gasteiger partial charge is 0.416 e. The van der Waals surface area contributed by atoms with Crippen LogP contribution in [0.2, 0.25) is 0 Å². The van der Waals surface area contributed by atoms with Gasteiger partial charge in [-0.1, -0.05) is 0 Å². The molecule has 0 aromatic heterocycles. The Morgan fingerprint density at radius 1 is 1.00 bits per heavy atom. The second-order valence-corrected chi connectivity index (χ2v) is 4.13. The normalized spacial score (nSPS) is 19.7. The molecule has 0 saturated heterocycles. The highest BCUT2D eigenvalue weighted by Crippen LogP contribution is 2.38. The molecule has 0 spiro atoms. The van der Waals surface area contributed by atoms with Gasteiger partial charge in [-0.05, 0) is 23.8 Å². The Morgan fingerprint density at radius 2 is 1.50 bits per heavy atom. The van der Waals surface area contributed by atoms with Gasteiger partial charge in [-0.15, -0.1) is 0 Å². The number of ether oxygens (including phenoxy) is 1. The minimum absolute atomic E-state index is 0.0619. The predicted molar refractivity (Wildman–Crippen MR) is 56.8 cm³/mol. The van der Waals surface area contributed by atoms with Gasteiger partial charge in [0.2, 0.25) is 0 Å². The van der Waals surface area contributed by atoms with Crippen LogP contribution in [-0.4, -0.2) is 12.6 Å². The van der Waals surface area contributed by atoms with Crippen molar-refractivity contribution in [3.05, 3.63) is 34.9 Å². The van der Waals surface area contributed by atoms with Crippen LogP contribution in [0, 0.1) is 0 Å². The molecule has 1 aliphatic rings. The molecule has 1 atom stereocenters. The molecule has 1 aromatic rings. The molecule has 0 saturated carbocycles. The van der Waals surface area contributed by atoms with Crippen LogP contribution in [0.3, 0.4) is 0 Å². The quantitative estimate of drug-likeness (QED) is 0.810. The maximum absolute atomic E-state index is 12.6. The monoisotopic (exact) mass is 298 g/mol. The lowest BCUT2D eigenvalue weighted by molar-refractivity contribution is -0.143. The lowest BCUT2D eigenvalue weighted by atomic mass is 10.0. The van der Waals surface area contributed by atoms with Crippen molar-refractivity contribution in [1.82, 2.24) is 0 Å². The summed E-state index contributed by atoms with van der Waals surface area (Å²) in [4.78, 5) is 3.64. The highest BCUT2D eigenvalue weighted by Gasteiger charge is 2.38. The van der Waals surface area contributed by atoms with Crippen molar-refractivity contribution in [2.24, 2.45) is 10.7 Å². The van der Waals surface area contributed by atoms with Crippen molar-refractivity contribution in [2.75, 3.05) is 6.61 Å². The maximum Gasteiger partial charge on any atom is 0.416 e. The summed E-state index contributed by atoms with van der Waals surface area (Å²) < 4.78 is 80.6. The Hall–Kier alpha value is -1.93. The van der Waals surface area contributed by atoms with Crippen molar-refractivity contribution in [1.29, 1.82) is 0 Å². The van der Waals surface area contributed by atoms with E-state index in [4.69, 9.17) is 10.5 Å². The van der Waals surface area contributed by atoms with E-state index in [1.54, 1.807) is 0 Å². The second kappa shape index (κ2) is 4.57. The fraction of sp³-hybridized carbons (Fsp3) is 0.364. The van der Waals surface area contributed by atoms with E-state index in [0.717, 1.165) is 0 Å². The summed E-state index contributed by atoms with van der Waals surface area (Å²) >= 11 is 0. The van der Waals surface area contributed by atoms with E-state index in [1.807, 2.05) is 0 Å². The molecule has 1 unspecified atom stereocenters. The zero-order valence-electron chi connectivity index (χ0n) is 9.72. The number of rotatable bonds is 1. The molecule has 0 fully saturated rings. The number of halogens is 6. The van der Waals surface area contributed by atoms with Crippen molar-refractivity contribution in [2.45, 2.75) is 18.4 Å². The van der Waals surface area contributed by atoms with Gasteiger partial charge in [0, 0.05) is 0 Å². The number of aliphatic imine (C=N–C) groups is 1. The van der Waals surface area contributed by atoms with Gasteiger partial charge >= 0.3 is 12.4 Å². The third-order valence-corrected chi connectivity index (χ3v) is 2.67. The van der Waals surface area contributed by atoms with Gasteiger partial charge in [-0.2, -0.15) is 26.3 Å². The molecule has 1 aromatic carbocycles. The molecule has 2 N–H and O–H groups in total. The SMILES string of the molecule is NC1=NC(c2cc(C(F)(F)F)cc(C(F)(F)F)c2)CO1. The first-order valence-corrected chi connectivity index (χ1v) is 5.33. The largest absolute Gasteiger partial charge is 0.463 e. The van der Waals surface area contributed by atoms with Gasteiger partial charge in [-0.25, -0.2) is 4.99 Å². The van der Waals surface area contributed by atoms with Crippen LogP contribution in [0.4, 0.5) is 26.3 Å². The van der Waals surface area contributed by atoms with Gasteiger partial charge in [-0.3, -0.25) is 0 Å². The number of hydrogen-bond donors (Lipinski definition) is 1. The van der Waals surface area contributed by atoms with Crippen LogP contribution in [0.1, 0.15) is 22.7 Å². The van der Waals surface area contributed by atoms with Crippen LogP contribution >= 0.6 is 0 Å². The molecule has 110 valence electrons. The number of amidine groups is 1. The molecule has 0 amide bonds. The minimum Gasteiger partial charge on any atom is -0.463 e. The molecule has 1 aliphatic heterocycles. The minimum atomic E-state index is -4.88. The highest BCUT2D eigenvalue weighted by atomic mass is 19.4. The summed E-state index contributed by atoms with van der Waals surface area (Å²) in [5.74, 6) is 0. The van der Waals surface area contributed by atoms with E-state index in [1.165, 1.54) is 0 Å². The van der Waals surface area contributed by atoms with Crippen LogP contribution < -0.4 is 5.73 Å². The number of nitrogens with zero attached hydrogens (tertiary/aromatic N) is 1. The molecular formula is C11H8F6N2O. The number of alkyl halides is 6. The number of benzene rings is 1. The van der Waals surface area contributed by atoms with E-state index in [-0.39, 0.29) is 24.3 Å². The van der Waals surface area contributed by atoms with E-state index in [2.05, 4.69) is 4.99 Å². The third-order valence-electron chi connectivity index (χ3n) is 2.67. The summed E-state index contributed by atoms with van der Waals surface area (Å²) in [5, 5.41) is 0. The Kier molecular flexibility index (Phi) is 3.31. The molecule has 9 heteroatoms. The first kappa shape index (κ1) is 14.5. The lowest BCUT2D eigenvalue weighted by Gasteiger charge is -2.15. The van der Waals surface area contributed by atoms with Gasteiger partial charge in [0.1, 0.15) is 12.6 Å². The molecule has 2 rings (SSSR count). The first-order chi connectivity index (χ1) is 9.07. The molecule has 0 aliphatic carbocycles. The Labute approximate surface area is 109 Å². The fourth-order valence-corrected chi connectivity index (χ4v) is 1.73. The van der Waals surface area contributed by atoms with Crippen LogP contribution in [0.25, 0.3) is 0 Å². The average Bonchev–Trinajstić information content (AvgIpc) is 2.73. The maximum atomic E-state index is 12.6. The summed E-state index contributed by atoms with van der Waals surface area (Å²) in [5.41, 5.74) is 2.18. The summed E-state index contributed by atoms with van der Waals surface area (Å²) in [6.07, 6.45) is -9.77. The van der Waals surface area contributed by atoms with Crippen LogP contribution in [0.15, 0.2) is 23.2 Å². The first-order valence-electron chi connectivity index (χ1n) is 5.33.